The molecule has 76 heavy (non-hydrogen) atoms. The quantitative estimate of drug-likeness (QED) is 0.0625. The maximum atomic E-state index is 5.61. The van der Waals surface area contributed by atoms with E-state index in [4.69, 9.17) is 9.97 Å². The monoisotopic (exact) mass is 1040 g/mol. The van der Waals surface area contributed by atoms with Gasteiger partial charge in [0.05, 0.1) is 38.1 Å². The van der Waals surface area contributed by atoms with Gasteiger partial charge in [-0.15, -0.1) is 22.7 Å². The van der Waals surface area contributed by atoms with Crippen LogP contribution in [0.1, 0.15) is 224 Å². The number of hydrogen-bond donors (Lipinski definition) is 2. The number of fused-ring (bicyclic) bond motifs is 8. The summed E-state index contributed by atoms with van der Waals surface area (Å²) in [5.41, 5.74) is 22.6. The van der Waals surface area contributed by atoms with Gasteiger partial charge in [-0.05, 0) is 216 Å². The fourth-order valence-electron chi connectivity index (χ4n) is 11.3. The fraction of sp³-hybridized carbons (Fsp3) is 0.412. The Morgan fingerprint density at radius 2 is 0.829 bits per heavy atom. The number of aromatic amines is 2. The van der Waals surface area contributed by atoms with E-state index in [9.17, 15) is 0 Å². The highest BCUT2D eigenvalue weighted by Gasteiger charge is 2.27. The van der Waals surface area contributed by atoms with Crippen molar-refractivity contribution in [2.45, 2.75) is 185 Å². The van der Waals surface area contributed by atoms with Crippen LogP contribution < -0.4 is 0 Å². The van der Waals surface area contributed by atoms with Gasteiger partial charge in [-0.25, -0.2) is 19.9 Å². The Bertz CT molecular complexity index is 3450. The molecule has 8 heteroatoms. The number of thiophene rings is 2. The van der Waals surface area contributed by atoms with Crippen LogP contribution in [0.25, 0.3) is 54.1 Å². The minimum atomic E-state index is 0.478. The number of hydrogen-bond acceptors (Lipinski definition) is 6. The molecule has 6 aromatic rings. The summed E-state index contributed by atoms with van der Waals surface area (Å²) >= 11 is 3.59. The summed E-state index contributed by atoms with van der Waals surface area (Å²) in [6, 6.07) is 13.4. The van der Waals surface area contributed by atoms with Gasteiger partial charge in [0.25, 0.3) is 0 Å². The second-order valence-electron chi connectivity index (χ2n) is 19.7. The van der Waals surface area contributed by atoms with E-state index in [1.54, 1.807) is 41.1 Å². The summed E-state index contributed by atoms with van der Waals surface area (Å²) in [7, 11) is 0. The van der Waals surface area contributed by atoms with Crippen LogP contribution in [-0.4, -0.2) is 29.9 Å². The average Bonchev–Trinajstić information content (AvgIpc) is 4.31. The van der Waals surface area contributed by atoms with E-state index < -0.39 is 0 Å². The lowest BCUT2D eigenvalue weighted by atomic mass is 9.94. The minimum Gasteiger partial charge on any atom is -0.355 e. The first-order chi connectivity index (χ1) is 37.3. The van der Waals surface area contributed by atoms with Crippen LogP contribution in [-0.2, 0) is 38.5 Å². The van der Waals surface area contributed by atoms with Crippen LogP contribution in [0.2, 0.25) is 0 Å². The maximum Gasteiger partial charge on any atom is 0.205 e. The molecule has 0 saturated heterocycles. The number of nitrogens with one attached hydrogen (secondary N) is 2. The van der Waals surface area contributed by atoms with Crippen molar-refractivity contribution in [3.05, 3.63) is 126 Å². The Labute approximate surface area is 462 Å². The fourth-order valence-corrected chi connectivity index (χ4v) is 13.6. The summed E-state index contributed by atoms with van der Waals surface area (Å²) in [5, 5.41) is 0. The lowest BCUT2D eigenvalue weighted by molar-refractivity contribution is 0.666. The molecule has 0 spiro atoms. The van der Waals surface area contributed by atoms with E-state index in [1.165, 1.54) is 115 Å². The molecule has 0 atom stereocenters. The zero-order valence-corrected chi connectivity index (χ0v) is 48.6. The van der Waals surface area contributed by atoms with Crippen LogP contribution in [0.4, 0.5) is 0 Å². The predicted molar refractivity (Wildman–Crippen MR) is 326 cm³/mol. The molecule has 2 aliphatic rings. The zero-order valence-electron chi connectivity index (χ0n) is 47.0. The van der Waals surface area contributed by atoms with Gasteiger partial charge in [-0.2, -0.15) is 0 Å². The molecule has 0 aliphatic carbocycles. The Morgan fingerprint density at radius 3 is 1.24 bits per heavy atom. The summed E-state index contributed by atoms with van der Waals surface area (Å²) in [6.45, 7) is 22.7. The van der Waals surface area contributed by atoms with E-state index in [0.29, 0.717) is 5.82 Å². The molecule has 0 fully saturated rings. The number of aryl methyl sites for hydroxylation is 6. The summed E-state index contributed by atoms with van der Waals surface area (Å²) in [5.74, 6) is 27.0. The number of rotatable bonds is 19. The first-order valence-electron chi connectivity index (χ1n) is 28.6. The van der Waals surface area contributed by atoms with E-state index in [2.05, 4.69) is 167 Å². The van der Waals surface area contributed by atoms with Crippen LogP contribution >= 0.6 is 22.7 Å². The van der Waals surface area contributed by atoms with Gasteiger partial charge < -0.3 is 9.97 Å². The Balaban J connectivity index is 1.32. The van der Waals surface area contributed by atoms with E-state index >= 15 is 0 Å². The van der Waals surface area contributed by atoms with Gasteiger partial charge in [-0.3, -0.25) is 0 Å². The number of H-pyrrole nitrogens is 2. The highest BCUT2D eigenvalue weighted by molar-refractivity contribution is 7.23. The smallest absolute Gasteiger partial charge is 0.205 e. The highest BCUT2D eigenvalue weighted by atomic mass is 32.1. The van der Waals surface area contributed by atoms with Gasteiger partial charge in [-0.1, -0.05) is 108 Å². The number of allylic oxidation sites excluding steroid dienone is 4. The van der Waals surface area contributed by atoms with Crippen LogP contribution in [0.5, 0.6) is 0 Å². The van der Waals surface area contributed by atoms with Crippen molar-refractivity contribution in [2.75, 3.05) is 0 Å². The predicted octanol–water partition coefficient (Wildman–Crippen LogP) is 17.7. The Morgan fingerprint density at radius 1 is 0.421 bits per heavy atom. The molecule has 0 amide bonds. The normalized spacial score (nSPS) is 12.0. The van der Waals surface area contributed by atoms with Gasteiger partial charge in [0.15, 0.2) is 0 Å². The number of aromatic nitrogens is 6. The minimum absolute atomic E-state index is 0.478. The molecule has 0 unspecified atom stereocenters. The number of nitrogens with zero attached hydrogens (tertiary/aromatic N) is 4. The standard InChI is InChI=1S/C68H76N6S2/c1-11-21-23-25-32-45-40-47(75-67(45)68-46(33-26-24-22-12-2)41-48(76-68)35-28-30-37-64-69-38-31-39-70-64)34-27-29-36-57-65-55(19-9)53(17-7)62(73-65)43-60-51(15-5)49(13-3)58(71-60)42-59-50(14-4)52(16-6)61(72-59)44-63-54(18-8)56(20-10)66(57)74-63/h31,38-44,71-72H,11-26,32-33H2,1-10H3. The molecular weight excluding hydrogens is 965 g/mol. The second-order valence-corrected chi connectivity index (χ2v) is 21.8. The van der Waals surface area contributed by atoms with Crippen molar-refractivity contribution < 1.29 is 0 Å². The van der Waals surface area contributed by atoms with Gasteiger partial charge in [0.1, 0.15) is 0 Å². The van der Waals surface area contributed by atoms with Crippen molar-refractivity contribution in [1.29, 1.82) is 0 Å². The largest absolute Gasteiger partial charge is 0.355 e. The topological polar surface area (TPSA) is 83.1 Å². The molecule has 2 aliphatic heterocycles. The molecule has 8 rings (SSSR count). The first kappa shape index (κ1) is 55.5. The van der Waals surface area contributed by atoms with Gasteiger partial charge in [0, 0.05) is 44.2 Å². The molecule has 0 aromatic carbocycles. The Hall–Kier alpha value is -6.68. The van der Waals surface area contributed by atoms with Crippen LogP contribution in [0, 0.1) is 47.4 Å². The molecule has 6 aromatic heterocycles. The van der Waals surface area contributed by atoms with E-state index in [-0.39, 0.29) is 0 Å². The van der Waals surface area contributed by atoms with Crippen LogP contribution in [0.15, 0.2) is 48.8 Å². The highest BCUT2D eigenvalue weighted by Crippen LogP contribution is 2.43. The molecule has 6 nitrogen and oxygen atoms in total. The lowest BCUT2D eigenvalue weighted by Crippen LogP contribution is -1.95. The average molecular weight is 1040 g/mol. The van der Waals surface area contributed by atoms with Crippen molar-refractivity contribution in [2.24, 2.45) is 0 Å². The molecule has 390 valence electrons. The van der Waals surface area contributed by atoms with E-state index in [1.807, 2.05) is 0 Å². The molecule has 8 bridgehead atoms. The third kappa shape index (κ3) is 12.3. The third-order valence-electron chi connectivity index (χ3n) is 15.0. The third-order valence-corrected chi connectivity index (χ3v) is 17.3. The molecular formula is C68H76N6S2. The molecule has 8 heterocycles. The van der Waals surface area contributed by atoms with Gasteiger partial charge >= 0.3 is 0 Å². The number of unbranched alkanes of at least 4 members (excludes halogenated alkanes) is 6. The summed E-state index contributed by atoms with van der Waals surface area (Å²) in [6.07, 6.45) is 22.2. The lowest BCUT2D eigenvalue weighted by Gasteiger charge is -2.08. The molecule has 2 N–H and O–H groups in total. The van der Waals surface area contributed by atoms with Crippen molar-refractivity contribution in [1.82, 2.24) is 29.9 Å². The van der Waals surface area contributed by atoms with Crippen molar-refractivity contribution in [3.63, 3.8) is 0 Å². The van der Waals surface area contributed by atoms with Crippen molar-refractivity contribution >= 4 is 67.0 Å². The van der Waals surface area contributed by atoms with E-state index in [0.717, 1.165) is 126 Å². The summed E-state index contributed by atoms with van der Waals surface area (Å²) in [4.78, 5) is 32.2. The van der Waals surface area contributed by atoms with Gasteiger partial charge in [0.2, 0.25) is 5.82 Å². The molecule has 0 radical (unpaired) electrons. The zero-order chi connectivity index (χ0) is 53.6. The molecule has 0 saturated carbocycles. The maximum absolute atomic E-state index is 5.61. The SMILES string of the molecule is CCCCCCc1cc(C#CC#Cc2ncccn2)sc1-c1sc(C#CC#Cc2c3nc(cc4[nH]c(cc5[nH]c(cc6nc2C(CC)=C6CC)c(CC)c5CC)c(CC)c4CC)C(CC)=C3CC)cc1CCCCCC. The van der Waals surface area contributed by atoms with Crippen LogP contribution in [0.3, 0.4) is 0 Å². The second kappa shape index (κ2) is 26.9. The first-order valence-corrected chi connectivity index (χ1v) is 30.2. The van der Waals surface area contributed by atoms with Crippen molar-refractivity contribution in [3.8, 4) is 57.1 Å². The summed E-state index contributed by atoms with van der Waals surface area (Å²) < 4.78 is 0. The Kier molecular flexibility index (Phi) is 19.6.